The summed E-state index contributed by atoms with van der Waals surface area (Å²) in [5, 5.41) is 13.3. The van der Waals surface area contributed by atoms with Gasteiger partial charge >= 0.3 is 0 Å². The van der Waals surface area contributed by atoms with Crippen LogP contribution in [0.5, 0.6) is 0 Å². The number of nitrogens with one attached hydrogen (secondary N) is 1. The molecule has 3 aromatic rings. The number of hydrogen-bond donors (Lipinski definition) is 1. The molecule has 1 aromatic heterocycles. The van der Waals surface area contributed by atoms with E-state index in [-0.39, 0.29) is 6.04 Å². The van der Waals surface area contributed by atoms with Gasteiger partial charge in [-0.25, -0.2) is 4.68 Å². The SMILES string of the molecule is Cc1nnn2c1-c1ccc(C3=CCN(C4CCCC4)CC3)cc1C(Nc1cccc(Cl)c1)CC2. The molecule has 5 nitrogen and oxygen atoms in total. The zero-order chi connectivity index (χ0) is 23.1. The van der Waals surface area contributed by atoms with Crippen molar-refractivity contribution in [2.75, 3.05) is 18.4 Å². The third-order valence-electron chi connectivity index (χ3n) is 7.83. The fourth-order valence-corrected chi connectivity index (χ4v) is 6.23. The summed E-state index contributed by atoms with van der Waals surface area (Å²) in [4.78, 5) is 2.69. The fraction of sp³-hybridized carbons (Fsp3) is 0.429. The topological polar surface area (TPSA) is 46.0 Å². The van der Waals surface area contributed by atoms with Crippen LogP contribution in [0.3, 0.4) is 0 Å². The van der Waals surface area contributed by atoms with E-state index in [4.69, 9.17) is 11.6 Å². The van der Waals surface area contributed by atoms with E-state index in [0.29, 0.717) is 0 Å². The lowest BCUT2D eigenvalue weighted by Crippen LogP contribution is -2.36. The molecule has 1 atom stereocenters. The minimum absolute atomic E-state index is 0.175. The van der Waals surface area contributed by atoms with E-state index in [9.17, 15) is 0 Å². The molecule has 6 rings (SSSR count). The molecule has 1 saturated carbocycles. The Hall–Kier alpha value is -2.63. The number of anilines is 1. The van der Waals surface area contributed by atoms with Gasteiger partial charge in [-0.1, -0.05) is 53.9 Å². The highest BCUT2D eigenvalue weighted by Gasteiger charge is 2.27. The van der Waals surface area contributed by atoms with E-state index in [1.54, 1.807) is 0 Å². The Morgan fingerprint density at radius 1 is 1.03 bits per heavy atom. The number of aromatic nitrogens is 3. The summed E-state index contributed by atoms with van der Waals surface area (Å²) in [6.45, 7) is 5.14. The Kier molecular flexibility index (Phi) is 5.92. The van der Waals surface area contributed by atoms with Crippen molar-refractivity contribution in [2.24, 2.45) is 0 Å². The van der Waals surface area contributed by atoms with Crippen molar-refractivity contribution in [1.29, 1.82) is 0 Å². The normalized spacial score (nSPS) is 21.0. The molecular formula is C28H32ClN5. The Balaban J connectivity index is 1.35. The number of benzene rings is 2. The molecule has 3 aliphatic rings. The van der Waals surface area contributed by atoms with Gasteiger partial charge in [0, 0.05) is 41.9 Å². The molecule has 0 bridgehead atoms. The first-order valence-electron chi connectivity index (χ1n) is 12.7. The van der Waals surface area contributed by atoms with Crippen molar-refractivity contribution in [2.45, 2.75) is 64.1 Å². The summed E-state index contributed by atoms with van der Waals surface area (Å²) in [5.74, 6) is 0. The predicted octanol–water partition coefficient (Wildman–Crippen LogP) is 6.50. The van der Waals surface area contributed by atoms with Crippen LogP contribution in [0.2, 0.25) is 5.02 Å². The van der Waals surface area contributed by atoms with E-state index >= 15 is 0 Å². The van der Waals surface area contributed by atoms with E-state index in [1.165, 1.54) is 54.5 Å². The smallest absolute Gasteiger partial charge is 0.0918 e. The van der Waals surface area contributed by atoms with Crippen molar-refractivity contribution in [3.8, 4) is 11.3 Å². The Morgan fingerprint density at radius 3 is 2.71 bits per heavy atom. The molecular weight excluding hydrogens is 442 g/mol. The molecule has 0 amide bonds. The monoisotopic (exact) mass is 473 g/mol. The van der Waals surface area contributed by atoms with Crippen molar-refractivity contribution >= 4 is 22.9 Å². The van der Waals surface area contributed by atoms with Crippen molar-refractivity contribution in [1.82, 2.24) is 19.9 Å². The van der Waals surface area contributed by atoms with E-state index in [0.717, 1.165) is 54.1 Å². The average molecular weight is 474 g/mol. The van der Waals surface area contributed by atoms with Crippen LogP contribution in [0.15, 0.2) is 48.5 Å². The van der Waals surface area contributed by atoms with Crippen LogP contribution in [0, 0.1) is 6.92 Å². The molecule has 1 aliphatic carbocycles. The molecule has 6 heteroatoms. The Labute approximate surface area is 206 Å². The van der Waals surface area contributed by atoms with Gasteiger partial charge in [0.15, 0.2) is 0 Å². The summed E-state index contributed by atoms with van der Waals surface area (Å²) >= 11 is 6.28. The van der Waals surface area contributed by atoms with Crippen LogP contribution in [0.4, 0.5) is 5.69 Å². The average Bonchev–Trinajstić information content (AvgIpc) is 3.49. The van der Waals surface area contributed by atoms with Gasteiger partial charge in [0.05, 0.1) is 17.4 Å². The van der Waals surface area contributed by atoms with Gasteiger partial charge < -0.3 is 5.32 Å². The van der Waals surface area contributed by atoms with Crippen LogP contribution in [-0.2, 0) is 6.54 Å². The summed E-state index contributed by atoms with van der Waals surface area (Å²) in [7, 11) is 0. The lowest BCUT2D eigenvalue weighted by atomic mass is 9.90. The lowest BCUT2D eigenvalue weighted by Gasteiger charge is -2.32. The van der Waals surface area contributed by atoms with Crippen molar-refractivity contribution in [3.05, 3.63) is 70.4 Å². The second-order valence-corrected chi connectivity index (χ2v) is 10.4. The maximum Gasteiger partial charge on any atom is 0.0918 e. The highest BCUT2D eigenvalue weighted by Crippen LogP contribution is 2.39. The van der Waals surface area contributed by atoms with E-state index < -0.39 is 0 Å². The quantitative estimate of drug-likeness (QED) is 0.470. The molecule has 2 aromatic carbocycles. The Bertz CT molecular complexity index is 1220. The number of nitrogens with zero attached hydrogens (tertiary/aromatic N) is 4. The highest BCUT2D eigenvalue weighted by atomic mass is 35.5. The molecule has 176 valence electrons. The minimum Gasteiger partial charge on any atom is -0.378 e. The molecule has 1 N–H and O–H groups in total. The second kappa shape index (κ2) is 9.20. The first-order valence-corrected chi connectivity index (χ1v) is 13.0. The number of rotatable bonds is 4. The molecule has 1 fully saturated rings. The van der Waals surface area contributed by atoms with Gasteiger partial charge in [-0.15, -0.1) is 5.10 Å². The highest BCUT2D eigenvalue weighted by molar-refractivity contribution is 6.30. The van der Waals surface area contributed by atoms with Crippen molar-refractivity contribution in [3.63, 3.8) is 0 Å². The number of halogens is 1. The second-order valence-electron chi connectivity index (χ2n) is 9.96. The molecule has 34 heavy (non-hydrogen) atoms. The zero-order valence-electron chi connectivity index (χ0n) is 19.8. The van der Waals surface area contributed by atoms with E-state index in [2.05, 4.69) is 62.5 Å². The van der Waals surface area contributed by atoms with Crippen LogP contribution >= 0.6 is 11.6 Å². The van der Waals surface area contributed by atoms with Gasteiger partial charge in [-0.2, -0.15) is 0 Å². The summed E-state index contributed by atoms with van der Waals surface area (Å²) in [6, 6.07) is 16.0. The van der Waals surface area contributed by atoms with Gasteiger partial charge in [-0.3, -0.25) is 4.90 Å². The van der Waals surface area contributed by atoms with Gasteiger partial charge in [0.1, 0.15) is 0 Å². The minimum atomic E-state index is 0.175. The summed E-state index contributed by atoms with van der Waals surface area (Å²) < 4.78 is 2.06. The van der Waals surface area contributed by atoms with Crippen molar-refractivity contribution < 1.29 is 0 Å². The number of hydrogen-bond acceptors (Lipinski definition) is 4. The maximum absolute atomic E-state index is 6.28. The fourth-order valence-electron chi connectivity index (χ4n) is 6.04. The first kappa shape index (κ1) is 21.9. The molecule has 0 spiro atoms. The molecule has 0 radical (unpaired) electrons. The van der Waals surface area contributed by atoms with Crippen LogP contribution in [0.1, 0.15) is 61.4 Å². The largest absolute Gasteiger partial charge is 0.378 e. The van der Waals surface area contributed by atoms with Crippen LogP contribution in [-0.4, -0.2) is 39.0 Å². The number of fused-ring (bicyclic) bond motifs is 3. The number of aryl methyl sites for hydroxylation is 2. The lowest BCUT2D eigenvalue weighted by molar-refractivity contribution is 0.219. The van der Waals surface area contributed by atoms with Crippen LogP contribution in [0.25, 0.3) is 16.8 Å². The first-order chi connectivity index (χ1) is 16.7. The third kappa shape index (κ3) is 4.16. The predicted molar refractivity (Wildman–Crippen MR) is 139 cm³/mol. The zero-order valence-corrected chi connectivity index (χ0v) is 20.6. The van der Waals surface area contributed by atoms with Gasteiger partial charge in [0.25, 0.3) is 0 Å². The maximum atomic E-state index is 6.28. The molecule has 2 aliphatic heterocycles. The van der Waals surface area contributed by atoms with Gasteiger partial charge in [0.2, 0.25) is 0 Å². The summed E-state index contributed by atoms with van der Waals surface area (Å²) in [6.07, 6.45) is 10.1. The molecule has 1 unspecified atom stereocenters. The third-order valence-corrected chi connectivity index (χ3v) is 8.07. The van der Waals surface area contributed by atoms with Crippen LogP contribution < -0.4 is 5.32 Å². The Morgan fingerprint density at radius 2 is 1.91 bits per heavy atom. The molecule has 3 heterocycles. The molecule has 0 saturated heterocycles. The standard InChI is InChI=1S/C28H32ClN5/c1-19-28-25-10-9-21(20-11-14-33(15-12-20)24-7-2-3-8-24)17-26(25)27(13-16-34(28)32-31-19)30-23-6-4-5-22(29)18-23/h4-6,9-11,17-18,24,27,30H,2-3,7-8,12-16H2,1H3. The van der Waals surface area contributed by atoms with Gasteiger partial charge in [-0.05, 0) is 73.6 Å². The summed E-state index contributed by atoms with van der Waals surface area (Å²) in [5.41, 5.74) is 8.55. The van der Waals surface area contributed by atoms with E-state index in [1.807, 2.05) is 18.2 Å².